The molecule has 0 saturated heterocycles. The van der Waals surface area contributed by atoms with Crippen molar-refractivity contribution in [3.63, 3.8) is 0 Å². The van der Waals surface area contributed by atoms with Gasteiger partial charge >= 0.3 is 0 Å². The molecule has 164 valence electrons. The van der Waals surface area contributed by atoms with E-state index < -0.39 is 34.6 Å². The summed E-state index contributed by atoms with van der Waals surface area (Å²) in [6, 6.07) is -1.14. The number of aliphatic hydroxyl groups is 2. The molecule has 6 heteroatoms. The van der Waals surface area contributed by atoms with E-state index in [1.54, 1.807) is 32.6 Å². The van der Waals surface area contributed by atoms with Gasteiger partial charge in [0.05, 0.1) is 23.3 Å². The molecule has 4 N–H and O–H groups in total. The van der Waals surface area contributed by atoms with Crippen LogP contribution in [0.25, 0.3) is 0 Å². The van der Waals surface area contributed by atoms with Gasteiger partial charge in [0, 0.05) is 0 Å². The zero-order valence-electron chi connectivity index (χ0n) is 19.1. The molecular formula is C22H42N2O4. The molecule has 1 saturated carbocycles. The predicted molar refractivity (Wildman–Crippen MR) is 111 cm³/mol. The third kappa shape index (κ3) is 5.07. The number of primary amides is 1. The van der Waals surface area contributed by atoms with Crippen molar-refractivity contribution in [1.82, 2.24) is 4.90 Å². The van der Waals surface area contributed by atoms with Crippen LogP contribution >= 0.6 is 0 Å². The number of nitrogens with zero attached hydrogens (tertiary/aromatic N) is 1. The van der Waals surface area contributed by atoms with Gasteiger partial charge in [-0.3, -0.25) is 9.59 Å². The SMILES string of the molecule is CC(C)[C@@H](N(C(=O)C1(C(N)=O)CCCCC1)[C@H](C(C)C)C(C)(C)O)C(C)(C)O. The van der Waals surface area contributed by atoms with E-state index in [1.165, 1.54) is 0 Å². The molecule has 28 heavy (non-hydrogen) atoms. The van der Waals surface area contributed by atoms with Gasteiger partial charge < -0.3 is 20.8 Å². The fourth-order valence-corrected chi connectivity index (χ4v) is 5.35. The lowest BCUT2D eigenvalue weighted by Crippen LogP contribution is -2.68. The van der Waals surface area contributed by atoms with Crippen LogP contribution in [-0.2, 0) is 9.59 Å². The fourth-order valence-electron chi connectivity index (χ4n) is 5.35. The Labute approximate surface area is 170 Å². The first-order valence-electron chi connectivity index (χ1n) is 10.6. The average Bonchev–Trinajstić information content (AvgIpc) is 2.50. The Hall–Kier alpha value is -1.14. The van der Waals surface area contributed by atoms with E-state index in [9.17, 15) is 19.8 Å². The summed E-state index contributed by atoms with van der Waals surface area (Å²) in [6.45, 7) is 14.5. The monoisotopic (exact) mass is 398 g/mol. The first kappa shape index (κ1) is 24.9. The number of nitrogens with two attached hydrogens (primary N) is 1. The van der Waals surface area contributed by atoms with Crippen molar-refractivity contribution in [3.8, 4) is 0 Å². The molecule has 0 heterocycles. The lowest BCUT2D eigenvalue weighted by molar-refractivity contribution is -0.174. The van der Waals surface area contributed by atoms with Crippen LogP contribution in [0.15, 0.2) is 0 Å². The van der Waals surface area contributed by atoms with E-state index in [4.69, 9.17) is 5.73 Å². The highest BCUT2D eigenvalue weighted by molar-refractivity contribution is 6.04. The molecule has 2 amide bonds. The highest BCUT2D eigenvalue weighted by Crippen LogP contribution is 2.42. The summed E-state index contributed by atoms with van der Waals surface area (Å²) in [4.78, 5) is 28.2. The van der Waals surface area contributed by atoms with Crippen LogP contribution in [0.5, 0.6) is 0 Å². The highest BCUT2D eigenvalue weighted by atomic mass is 16.3. The first-order valence-corrected chi connectivity index (χ1v) is 10.6. The van der Waals surface area contributed by atoms with Gasteiger partial charge in [-0.25, -0.2) is 0 Å². The Balaban J connectivity index is 3.69. The van der Waals surface area contributed by atoms with Crippen molar-refractivity contribution in [1.29, 1.82) is 0 Å². The molecule has 0 spiro atoms. The van der Waals surface area contributed by atoms with Gasteiger partial charge in [-0.2, -0.15) is 0 Å². The summed E-state index contributed by atoms with van der Waals surface area (Å²) in [6.07, 6.45) is 3.36. The Morgan fingerprint density at radius 3 is 1.46 bits per heavy atom. The second kappa shape index (κ2) is 8.70. The predicted octanol–water partition coefficient (Wildman–Crippen LogP) is 2.84. The fraction of sp³-hybridized carbons (Fsp3) is 0.909. The van der Waals surface area contributed by atoms with Gasteiger partial charge in [0.25, 0.3) is 0 Å². The second-order valence-electron chi connectivity index (χ2n) is 10.4. The topological polar surface area (TPSA) is 104 Å². The summed E-state index contributed by atoms with van der Waals surface area (Å²) in [5.41, 5.74) is 2.11. The number of amides is 2. The van der Waals surface area contributed by atoms with Crippen LogP contribution in [0.2, 0.25) is 0 Å². The number of carbonyl (C=O) groups is 2. The summed E-state index contributed by atoms with van der Waals surface area (Å²) in [7, 11) is 0. The molecule has 0 unspecified atom stereocenters. The lowest BCUT2D eigenvalue weighted by atomic mass is 9.70. The van der Waals surface area contributed by atoms with Crippen molar-refractivity contribution in [2.24, 2.45) is 23.0 Å². The summed E-state index contributed by atoms with van der Waals surface area (Å²) >= 11 is 0. The molecule has 0 aliphatic heterocycles. The molecule has 0 radical (unpaired) electrons. The summed E-state index contributed by atoms with van der Waals surface area (Å²) in [5, 5.41) is 22.0. The average molecular weight is 399 g/mol. The largest absolute Gasteiger partial charge is 0.388 e. The quantitative estimate of drug-likeness (QED) is 0.547. The van der Waals surface area contributed by atoms with Crippen molar-refractivity contribution in [2.45, 2.75) is 111 Å². The molecule has 6 nitrogen and oxygen atoms in total. The molecule has 0 aromatic rings. The third-order valence-corrected chi connectivity index (χ3v) is 6.13. The molecule has 0 aromatic heterocycles. The number of hydrogen-bond acceptors (Lipinski definition) is 4. The highest BCUT2D eigenvalue weighted by Gasteiger charge is 2.54. The minimum Gasteiger partial charge on any atom is -0.388 e. The summed E-state index contributed by atoms with van der Waals surface area (Å²) < 4.78 is 0. The van der Waals surface area contributed by atoms with Gasteiger partial charge in [0.1, 0.15) is 5.41 Å². The molecule has 0 aromatic carbocycles. The van der Waals surface area contributed by atoms with Gasteiger partial charge in [-0.05, 0) is 52.4 Å². The van der Waals surface area contributed by atoms with E-state index in [1.807, 2.05) is 27.7 Å². The van der Waals surface area contributed by atoms with Crippen LogP contribution in [0.1, 0.15) is 87.5 Å². The second-order valence-corrected chi connectivity index (χ2v) is 10.4. The Kier molecular flexibility index (Phi) is 7.74. The molecule has 2 atom stereocenters. The van der Waals surface area contributed by atoms with Crippen LogP contribution < -0.4 is 5.73 Å². The zero-order chi connectivity index (χ0) is 22.1. The van der Waals surface area contributed by atoms with Crippen LogP contribution in [0.3, 0.4) is 0 Å². The molecule has 1 aliphatic carbocycles. The van der Waals surface area contributed by atoms with Gasteiger partial charge in [0.2, 0.25) is 11.8 Å². The van der Waals surface area contributed by atoms with Crippen LogP contribution in [0.4, 0.5) is 0 Å². The van der Waals surface area contributed by atoms with E-state index in [0.717, 1.165) is 19.3 Å². The van der Waals surface area contributed by atoms with Gasteiger partial charge in [-0.15, -0.1) is 0 Å². The van der Waals surface area contributed by atoms with Gasteiger partial charge in [0.15, 0.2) is 0 Å². The Bertz CT molecular complexity index is 526. The minimum atomic E-state index is -1.27. The molecule has 1 fully saturated rings. The van der Waals surface area contributed by atoms with E-state index in [-0.39, 0.29) is 17.7 Å². The normalized spacial score (nSPS) is 20.1. The molecule has 1 rings (SSSR count). The zero-order valence-corrected chi connectivity index (χ0v) is 19.1. The number of carbonyl (C=O) groups excluding carboxylic acids is 2. The van der Waals surface area contributed by atoms with Crippen LogP contribution in [0, 0.1) is 17.3 Å². The Morgan fingerprint density at radius 1 is 0.857 bits per heavy atom. The number of rotatable bonds is 8. The van der Waals surface area contributed by atoms with Crippen LogP contribution in [-0.4, -0.2) is 50.2 Å². The van der Waals surface area contributed by atoms with E-state index >= 15 is 0 Å². The van der Waals surface area contributed by atoms with Gasteiger partial charge in [-0.1, -0.05) is 47.0 Å². The first-order chi connectivity index (χ1) is 12.6. The maximum Gasteiger partial charge on any atom is 0.238 e. The maximum atomic E-state index is 14.0. The van der Waals surface area contributed by atoms with Crippen molar-refractivity contribution >= 4 is 11.8 Å². The van der Waals surface area contributed by atoms with Crippen molar-refractivity contribution < 1.29 is 19.8 Å². The van der Waals surface area contributed by atoms with E-state index in [0.29, 0.717) is 12.8 Å². The van der Waals surface area contributed by atoms with E-state index in [2.05, 4.69) is 0 Å². The standard InChI is InChI=1S/C22H42N2O4/c1-14(2)16(20(5,6)27)24(17(15(3)4)21(7,8)28)19(26)22(18(23)25)12-10-9-11-13-22/h14-17,27-28H,9-13H2,1-8H3,(H2,23,25)/t16-,17-/m1/s1. The third-order valence-electron chi connectivity index (χ3n) is 6.13. The minimum absolute atomic E-state index is 0.0823. The van der Waals surface area contributed by atoms with Crippen molar-refractivity contribution in [3.05, 3.63) is 0 Å². The molecule has 1 aliphatic rings. The smallest absolute Gasteiger partial charge is 0.238 e. The van der Waals surface area contributed by atoms with Crippen molar-refractivity contribution in [2.75, 3.05) is 0 Å². The molecule has 0 bridgehead atoms. The summed E-state index contributed by atoms with van der Waals surface area (Å²) in [5.74, 6) is -1.11. The lowest BCUT2D eigenvalue weighted by Gasteiger charge is -2.53. The Morgan fingerprint density at radius 2 is 1.21 bits per heavy atom. The number of hydrogen-bond donors (Lipinski definition) is 3. The maximum absolute atomic E-state index is 14.0. The molecular weight excluding hydrogens is 356 g/mol.